The first kappa shape index (κ1) is 19.9. The fourth-order valence-electron chi connectivity index (χ4n) is 5.75. The zero-order chi connectivity index (χ0) is 19.9. The second-order valence-corrected chi connectivity index (χ2v) is 10.5. The van der Waals surface area contributed by atoms with Crippen molar-refractivity contribution in [3.63, 3.8) is 0 Å². The molecule has 1 aromatic rings. The van der Waals surface area contributed by atoms with Crippen molar-refractivity contribution in [2.45, 2.75) is 65.2 Å². The Morgan fingerprint density at radius 1 is 1.04 bits per heavy atom. The molecule has 0 unspecified atom stereocenters. The Hall–Kier alpha value is -1.35. The average molecular weight is 383 g/mol. The molecule has 0 aromatic heterocycles. The van der Waals surface area contributed by atoms with Crippen molar-refractivity contribution < 1.29 is 4.79 Å². The highest BCUT2D eigenvalue weighted by atomic mass is 16.2. The van der Waals surface area contributed by atoms with Crippen LogP contribution in [0.5, 0.6) is 0 Å². The summed E-state index contributed by atoms with van der Waals surface area (Å²) in [4.78, 5) is 17.2. The number of likely N-dealkylation sites (tertiary alicyclic amines) is 2. The summed E-state index contributed by atoms with van der Waals surface area (Å²) in [6.07, 6.45) is 4.98. The minimum atomic E-state index is 0.359. The van der Waals surface area contributed by atoms with Gasteiger partial charge in [0.2, 0.25) is 5.91 Å². The molecule has 1 aliphatic carbocycles. The van der Waals surface area contributed by atoms with E-state index in [0.29, 0.717) is 23.8 Å². The molecule has 2 aliphatic heterocycles. The Kier molecular flexibility index (Phi) is 5.57. The number of amides is 1. The molecule has 4 rings (SSSR count). The topological polar surface area (TPSA) is 23.6 Å². The second kappa shape index (κ2) is 7.82. The van der Waals surface area contributed by atoms with Gasteiger partial charge in [-0.1, -0.05) is 52.0 Å². The maximum absolute atomic E-state index is 12.7. The van der Waals surface area contributed by atoms with E-state index >= 15 is 0 Å². The molecule has 0 N–H and O–H groups in total. The first-order valence-corrected chi connectivity index (χ1v) is 11.5. The van der Waals surface area contributed by atoms with E-state index in [4.69, 9.17) is 0 Å². The molecular formula is C25H38N2O. The molecule has 2 saturated heterocycles. The molecule has 154 valence electrons. The third-order valence-electron chi connectivity index (χ3n) is 7.75. The summed E-state index contributed by atoms with van der Waals surface area (Å²) >= 11 is 0. The molecule has 1 spiro atoms. The normalized spacial score (nSPS) is 23.3. The van der Waals surface area contributed by atoms with E-state index in [1.165, 1.54) is 36.8 Å². The highest BCUT2D eigenvalue weighted by Gasteiger charge is 2.52. The summed E-state index contributed by atoms with van der Waals surface area (Å²) in [5.74, 6) is 3.25. The van der Waals surface area contributed by atoms with E-state index in [0.717, 1.165) is 43.9 Å². The van der Waals surface area contributed by atoms with E-state index in [9.17, 15) is 4.79 Å². The molecule has 1 saturated carbocycles. The molecule has 3 heteroatoms. The summed E-state index contributed by atoms with van der Waals surface area (Å²) in [5, 5.41) is 0. The lowest BCUT2D eigenvalue weighted by molar-refractivity contribution is -0.141. The third kappa shape index (κ3) is 4.01. The molecule has 1 amide bonds. The Morgan fingerprint density at radius 3 is 2.18 bits per heavy atom. The van der Waals surface area contributed by atoms with Gasteiger partial charge in [0.25, 0.3) is 0 Å². The van der Waals surface area contributed by atoms with Gasteiger partial charge in [-0.25, -0.2) is 0 Å². The molecule has 3 fully saturated rings. The van der Waals surface area contributed by atoms with E-state index in [1.54, 1.807) is 0 Å². The molecule has 28 heavy (non-hydrogen) atoms. The minimum Gasteiger partial charge on any atom is -0.342 e. The first-order chi connectivity index (χ1) is 13.3. The van der Waals surface area contributed by atoms with Gasteiger partial charge in [-0.15, -0.1) is 0 Å². The van der Waals surface area contributed by atoms with Crippen LogP contribution in [0, 0.1) is 17.3 Å². The largest absolute Gasteiger partial charge is 0.342 e. The van der Waals surface area contributed by atoms with Crippen LogP contribution in [0.25, 0.3) is 0 Å². The van der Waals surface area contributed by atoms with E-state index in [-0.39, 0.29) is 0 Å². The van der Waals surface area contributed by atoms with Crippen LogP contribution < -0.4 is 0 Å². The minimum absolute atomic E-state index is 0.359. The first-order valence-electron chi connectivity index (χ1n) is 11.5. The summed E-state index contributed by atoms with van der Waals surface area (Å²) in [6, 6.07) is 9.29. The third-order valence-corrected chi connectivity index (χ3v) is 7.75. The Balaban J connectivity index is 1.19. The zero-order valence-corrected chi connectivity index (χ0v) is 18.3. The lowest BCUT2D eigenvalue weighted by Gasteiger charge is -2.59. The van der Waals surface area contributed by atoms with Gasteiger partial charge in [0.05, 0.1) is 6.54 Å². The number of carbonyl (C=O) groups is 1. The Morgan fingerprint density at radius 2 is 1.64 bits per heavy atom. The van der Waals surface area contributed by atoms with Crippen LogP contribution in [-0.2, 0) is 4.79 Å². The van der Waals surface area contributed by atoms with Gasteiger partial charge in [-0.05, 0) is 65.9 Å². The molecule has 3 aliphatic rings. The number of hydrogen-bond acceptors (Lipinski definition) is 2. The fourth-order valence-corrected chi connectivity index (χ4v) is 5.75. The van der Waals surface area contributed by atoms with E-state index < -0.39 is 0 Å². The van der Waals surface area contributed by atoms with Gasteiger partial charge in [0, 0.05) is 26.2 Å². The van der Waals surface area contributed by atoms with Crippen molar-refractivity contribution in [1.29, 1.82) is 0 Å². The van der Waals surface area contributed by atoms with Crippen LogP contribution in [-0.4, -0.2) is 48.4 Å². The highest BCUT2D eigenvalue weighted by molar-refractivity contribution is 5.78. The highest BCUT2D eigenvalue weighted by Crippen LogP contribution is 2.56. The number of rotatable bonds is 5. The van der Waals surface area contributed by atoms with Crippen molar-refractivity contribution in [1.82, 2.24) is 9.80 Å². The van der Waals surface area contributed by atoms with Crippen LogP contribution in [0.1, 0.15) is 76.3 Å². The summed E-state index contributed by atoms with van der Waals surface area (Å²) in [7, 11) is 0. The van der Waals surface area contributed by atoms with Crippen LogP contribution in [0.4, 0.5) is 0 Å². The van der Waals surface area contributed by atoms with Gasteiger partial charge in [-0.3, -0.25) is 9.69 Å². The molecule has 3 nitrogen and oxygen atoms in total. The van der Waals surface area contributed by atoms with E-state index in [1.807, 2.05) is 0 Å². The summed E-state index contributed by atoms with van der Waals surface area (Å²) < 4.78 is 0. The standard InChI is InChI=1S/C25H38N2O/c1-18(2)20-5-7-22(8-6-20)23-13-25(14-23)16-26(17-25)15-24(28)27-11-9-21(10-12-27)19(3)4/h5-8,18-19,21,23H,9-17H2,1-4H3. The van der Waals surface area contributed by atoms with Crippen molar-refractivity contribution in [2.24, 2.45) is 17.3 Å². The van der Waals surface area contributed by atoms with Crippen LogP contribution >= 0.6 is 0 Å². The van der Waals surface area contributed by atoms with Gasteiger partial charge in [0.15, 0.2) is 0 Å². The lowest BCUT2D eigenvalue weighted by Crippen LogP contribution is -2.63. The molecule has 1 aromatic carbocycles. The number of carbonyl (C=O) groups excluding carboxylic acids is 1. The molecular weight excluding hydrogens is 344 g/mol. The molecule has 0 atom stereocenters. The van der Waals surface area contributed by atoms with Crippen molar-refractivity contribution in [2.75, 3.05) is 32.7 Å². The van der Waals surface area contributed by atoms with E-state index in [2.05, 4.69) is 61.8 Å². The quantitative estimate of drug-likeness (QED) is 0.724. The number of hydrogen-bond donors (Lipinski definition) is 0. The molecule has 2 heterocycles. The smallest absolute Gasteiger partial charge is 0.236 e. The predicted octanol–water partition coefficient (Wildman–Crippen LogP) is 4.88. The molecule has 0 bridgehead atoms. The monoisotopic (exact) mass is 382 g/mol. The van der Waals surface area contributed by atoms with Gasteiger partial charge >= 0.3 is 0 Å². The lowest BCUT2D eigenvalue weighted by atomic mass is 9.56. The predicted molar refractivity (Wildman–Crippen MR) is 116 cm³/mol. The maximum atomic E-state index is 12.7. The van der Waals surface area contributed by atoms with Crippen molar-refractivity contribution in [3.8, 4) is 0 Å². The van der Waals surface area contributed by atoms with Crippen LogP contribution in [0.15, 0.2) is 24.3 Å². The molecule has 0 radical (unpaired) electrons. The fraction of sp³-hybridized carbons (Fsp3) is 0.720. The van der Waals surface area contributed by atoms with Crippen LogP contribution in [0.2, 0.25) is 0 Å². The number of benzene rings is 1. The van der Waals surface area contributed by atoms with Crippen LogP contribution in [0.3, 0.4) is 0 Å². The Labute approximate surface area is 171 Å². The van der Waals surface area contributed by atoms with Gasteiger partial charge in [0.1, 0.15) is 0 Å². The second-order valence-electron chi connectivity index (χ2n) is 10.5. The number of nitrogens with zero attached hydrogens (tertiary/aromatic N) is 2. The SMILES string of the molecule is CC(C)c1ccc(C2CC3(C2)CN(CC(=O)N2CCC(C(C)C)CC2)C3)cc1. The van der Waals surface area contributed by atoms with Crippen molar-refractivity contribution in [3.05, 3.63) is 35.4 Å². The van der Waals surface area contributed by atoms with Gasteiger partial charge < -0.3 is 4.90 Å². The summed E-state index contributed by atoms with van der Waals surface area (Å²) in [5.41, 5.74) is 3.45. The number of piperidine rings is 1. The maximum Gasteiger partial charge on any atom is 0.236 e. The summed E-state index contributed by atoms with van der Waals surface area (Å²) in [6.45, 7) is 14.0. The Bertz CT molecular complexity index is 671. The van der Waals surface area contributed by atoms with Gasteiger partial charge in [-0.2, -0.15) is 0 Å². The van der Waals surface area contributed by atoms with Crippen molar-refractivity contribution >= 4 is 5.91 Å². The average Bonchev–Trinajstić information content (AvgIpc) is 2.62. The zero-order valence-electron chi connectivity index (χ0n) is 18.3.